The summed E-state index contributed by atoms with van der Waals surface area (Å²) >= 11 is 0. The van der Waals surface area contributed by atoms with Crippen molar-refractivity contribution in [3.05, 3.63) is 69.0 Å². The molecule has 0 bridgehead atoms. The largest absolute Gasteiger partial charge is 0.375 e. The van der Waals surface area contributed by atoms with Gasteiger partial charge in [-0.05, 0) is 42.7 Å². The predicted octanol–water partition coefficient (Wildman–Crippen LogP) is 3.96. The molecule has 2 rings (SSSR count). The number of nitro benzene ring substituents is 1. The van der Waals surface area contributed by atoms with Gasteiger partial charge in [0.1, 0.15) is 11.5 Å². The van der Waals surface area contributed by atoms with Crippen molar-refractivity contribution in [2.24, 2.45) is 0 Å². The minimum absolute atomic E-state index is 0.0168. The van der Waals surface area contributed by atoms with E-state index in [1.807, 2.05) is 6.92 Å². The van der Waals surface area contributed by atoms with E-state index >= 15 is 0 Å². The smallest absolute Gasteiger partial charge is 0.292 e. The summed E-state index contributed by atoms with van der Waals surface area (Å²) in [6, 6.07) is 9.79. The molecule has 0 radical (unpaired) electrons. The number of nitrogens with zero attached hydrogens (tertiary/aromatic N) is 1. The first kappa shape index (κ1) is 14.0. The van der Waals surface area contributed by atoms with Crippen LogP contribution >= 0.6 is 0 Å². The number of anilines is 1. The summed E-state index contributed by atoms with van der Waals surface area (Å²) in [5, 5.41) is 13.9. The molecule has 4 nitrogen and oxygen atoms in total. The topological polar surface area (TPSA) is 55.2 Å². The molecule has 0 atom stereocenters. The van der Waals surface area contributed by atoms with Gasteiger partial charge < -0.3 is 5.32 Å². The van der Waals surface area contributed by atoms with E-state index in [4.69, 9.17) is 0 Å². The van der Waals surface area contributed by atoms with Gasteiger partial charge in [-0.25, -0.2) is 4.39 Å². The standard InChI is InChI=1S/C15H15FN2O2/c1-10-3-6-15(18(19)20)14(7-10)17-9-12-5-4-11(2)13(16)8-12/h3-8,17H,9H2,1-2H3. The quantitative estimate of drug-likeness (QED) is 0.678. The lowest BCUT2D eigenvalue weighted by Gasteiger charge is -2.09. The van der Waals surface area contributed by atoms with Crippen molar-refractivity contribution in [3.8, 4) is 0 Å². The van der Waals surface area contributed by atoms with Gasteiger partial charge >= 0.3 is 0 Å². The maximum atomic E-state index is 13.4. The molecule has 0 amide bonds. The van der Waals surface area contributed by atoms with Crippen molar-refractivity contribution in [2.45, 2.75) is 20.4 Å². The molecule has 0 heterocycles. The Kier molecular flexibility index (Phi) is 3.98. The first-order valence-electron chi connectivity index (χ1n) is 6.21. The summed E-state index contributed by atoms with van der Waals surface area (Å²) in [5.74, 6) is -0.275. The highest BCUT2D eigenvalue weighted by Crippen LogP contribution is 2.25. The predicted molar refractivity (Wildman–Crippen MR) is 76.3 cm³/mol. The van der Waals surface area contributed by atoms with Gasteiger partial charge in [-0.2, -0.15) is 0 Å². The minimum atomic E-state index is -0.433. The highest BCUT2D eigenvalue weighted by Gasteiger charge is 2.13. The van der Waals surface area contributed by atoms with Crippen molar-refractivity contribution in [1.29, 1.82) is 0 Å². The van der Waals surface area contributed by atoms with Crippen LogP contribution < -0.4 is 5.32 Å². The van der Waals surface area contributed by atoms with E-state index in [-0.39, 0.29) is 11.5 Å². The van der Waals surface area contributed by atoms with Gasteiger partial charge in [0.2, 0.25) is 0 Å². The number of benzene rings is 2. The second kappa shape index (κ2) is 5.69. The normalized spacial score (nSPS) is 10.3. The molecular weight excluding hydrogens is 259 g/mol. The van der Waals surface area contributed by atoms with E-state index in [9.17, 15) is 14.5 Å². The Labute approximate surface area is 116 Å². The summed E-state index contributed by atoms with van der Waals surface area (Å²) in [6.07, 6.45) is 0. The molecule has 104 valence electrons. The van der Waals surface area contributed by atoms with Crippen LogP contribution in [0.2, 0.25) is 0 Å². The van der Waals surface area contributed by atoms with Crippen molar-refractivity contribution >= 4 is 11.4 Å². The lowest BCUT2D eigenvalue weighted by molar-refractivity contribution is -0.384. The summed E-state index contributed by atoms with van der Waals surface area (Å²) in [5.41, 5.74) is 2.70. The fourth-order valence-electron chi connectivity index (χ4n) is 1.89. The Balaban J connectivity index is 2.20. The zero-order chi connectivity index (χ0) is 14.7. The Morgan fingerprint density at radius 1 is 1.20 bits per heavy atom. The molecule has 20 heavy (non-hydrogen) atoms. The third-order valence-electron chi connectivity index (χ3n) is 3.07. The third kappa shape index (κ3) is 3.12. The van der Waals surface area contributed by atoms with Crippen LogP contribution in [0.15, 0.2) is 36.4 Å². The highest BCUT2D eigenvalue weighted by molar-refractivity contribution is 5.62. The van der Waals surface area contributed by atoms with Gasteiger partial charge in [0.25, 0.3) is 5.69 Å². The molecule has 1 N–H and O–H groups in total. The van der Waals surface area contributed by atoms with Crippen LogP contribution in [0, 0.1) is 29.8 Å². The molecule has 0 fully saturated rings. The van der Waals surface area contributed by atoms with Crippen molar-refractivity contribution < 1.29 is 9.31 Å². The van der Waals surface area contributed by atoms with Crippen molar-refractivity contribution in [3.63, 3.8) is 0 Å². The van der Waals surface area contributed by atoms with E-state index < -0.39 is 4.92 Å². The highest BCUT2D eigenvalue weighted by atomic mass is 19.1. The van der Waals surface area contributed by atoms with E-state index in [0.717, 1.165) is 11.1 Å². The van der Waals surface area contributed by atoms with Gasteiger partial charge in [-0.1, -0.05) is 18.2 Å². The van der Waals surface area contributed by atoms with Crippen molar-refractivity contribution in [2.75, 3.05) is 5.32 Å². The number of nitrogens with one attached hydrogen (secondary N) is 1. The number of aryl methyl sites for hydroxylation is 2. The first-order chi connectivity index (χ1) is 9.47. The maximum Gasteiger partial charge on any atom is 0.292 e. The van der Waals surface area contributed by atoms with Gasteiger partial charge in [0.15, 0.2) is 0 Å². The van der Waals surface area contributed by atoms with Gasteiger partial charge in [-0.15, -0.1) is 0 Å². The molecular formula is C15H15FN2O2. The molecule has 0 aliphatic rings. The summed E-state index contributed by atoms with van der Waals surface area (Å²) in [7, 11) is 0. The van der Waals surface area contributed by atoms with E-state index in [2.05, 4.69) is 5.32 Å². The number of nitro groups is 1. The average Bonchev–Trinajstić information content (AvgIpc) is 2.40. The van der Waals surface area contributed by atoms with Crippen LogP contribution in [0.3, 0.4) is 0 Å². The number of rotatable bonds is 4. The monoisotopic (exact) mass is 274 g/mol. The Morgan fingerprint density at radius 3 is 2.60 bits per heavy atom. The fourth-order valence-corrected chi connectivity index (χ4v) is 1.89. The molecule has 0 spiro atoms. The first-order valence-corrected chi connectivity index (χ1v) is 6.21. The molecule has 5 heteroatoms. The molecule has 0 unspecified atom stereocenters. The van der Waals surface area contributed by atoms with Crippen LogP contribution in [0.25, 0.3) is 0 Å². The minimum Gasteiger partial charge on any atom is -0.375 e. The average molecular weight is 274 g/mol. The second-order valence-corrected chi connectivity index (χ2v) is 4.71. The van der Waals surface area contributed by atoms with Crippen molar-refractivity contribution in [1.82, 2.24) is 0 Å². The fraction of sp³-hybridized carbons (Fsp3) is 0.200. The molecule has 0 aromatic heterocycles. The molecule has 0 aliphatic heterocycles. The lowest BCUT2D eigenvalue weighted by Crippen LogP contribution is -2.03. The molecule has 0 saturated carbocycles. The molecule has 0 saturated heterocycles. The van der Waals surface area contributed by atoms with E-state index in [1.165, 1.54) is 12.1 Å². The zero-order valence-electron chi connectivity index (χ0n) is 11.3. The number of halogens is 1. The molecule has 0 aliphatic carbocycles. The summed E-state index contributed by atoms with van der Waals surface area (Å²) < 4.78 is 13.4. The lowest BCUT2D eigenvalue weighted by atomic mass is 10.1. The summed E-state index contributed by atoms with van der Waals surface area (Å²) in [6.45, 7) is 3.89. The van der Waals surface area contributed by atoms with Crippen LogP contribution in [0.5, 0.6) is 0 Å². The van der Waals surface area contributed by atoms with E-state index in [0.29, 0.717) is 17.8 Å². The van der Waals surface area contributed by atoms with Gasteiger partial charge in [-0.3, -0.25) is 10.1 Å². The maximum absolute atomic E-state index is 13.4. The number of hydrogen-bond acceptors (Lipinski definition) is 3. The Morgan fingerprint density at radius 2 is 1.95 bits per heavy atom. The molecule has 2 aromatic rings. The van der Waals surface area contributed by atoms with Gasteiger partial charge in [0.05, 0.1) is 4.92 Å². The Bertz CT molecular complexity index is 656. The van der Waals surface area contributed by atoms with Crippen LogP contribution in [-0.4, -0.2) is 4.92 Å². The zero-order valence-corrected chi connectivity index (χ0v) is 11.3. The SMILES string of the molecule is Cc1ccc([N+](=O)[O-])c(NCc2ccc(C)c(F)c2)c1. The summed E-state index contributed by atoms with van der Waals surface area (Å²) in [4.78, 5) is 10.5. The number of hydrogen-bond donors (Lipinski definition) is 1. The third-order valence-corrected chi connectivity index (χ3v) is 3.07. The Hall–Kier alpha value is -2.43. The van der Waals surface area contributed by atoms with E-state index in [1.54, 1.807) is 31.2 Å². The van der Waals surface area contributed by atoms with Crippen LogP contribution in [-0.2, 0) is 6.54 Å². The van der Waals surface area contributed by atoms with Crippen LogP contribution in [0.4, 0.5) is 15.8 Å². The second-order valence-electron chi connectivity index (χ2n) is 4.71. The van der Waals surface area contributed by atoms with Crippen LogP contribution in [0.1, 0.15) is 16.7 Å². The van der Waals surface area contributed by atoms with Gasteiger partial charge in [0, 0.05) is 12.6 Å². The molecule has 2 aromatic carbocycles.